The van der Waals surface area contributed by atoms with Gasteiger partial charge in [-0.2, -0.15) is 0 Å². The van der Waals surface area contributed by atoms with Gasteiger partial charge in [0.1, 0.15) is 17.9 Å². The molecule has 0 radical (unpaired) electrons. The molecule has 0 saturated carbocycles. The number of rotatable bonds is 4. The topological polar surface area (TPSA) is 49.6 Å². The van der Waals surface area contributed by atoms with Crippen LogP contribution in [-0.2, 0) is 6.54 Å². The lowest BCUT2D eigenvalue weighted by Crippen LogP contribution is -2.40. The van der Waals surface area contributed by atoms with Crippen LogP contribution in [0.15, 0.2) is 39.7 Å². The van der Waals surface area contributed by atoms with E-state index >= 15 is 0 Å². The Hall–Kier alpha value is -1.24. The molecule has 20 heavy (non-hydrogen) atoms. The minimum atomic E-state index is 0. The fourth-order valence-electron chi connectivity index (χ4n) is 1.87. The number of nitrogens with one attached hydrogen (secondary N) is 2. The molecule has 0 aliphatic carbocycles. The van der Waals surface area contributed by atoms with Crippen molar-refractivity contribution in [3.63, 3.8) is 0 Å². The van der Waals surface area contributed by atoms with E-state index in [2.05, 4.69) is 36.4 Å². The van der Waals surface area contributed by atoms with Crippen LogP contribution in [0.25, 0.3) is 11.0 Å². The van der Waals surface area contributed by atoms with Crippen LogP contribution in [0.5, 0.6) is 0 Å². The lowest BCUT2D eigenvalue weighted by molar-refractivity contribution is 0.551. The fourth-order valence-corrected chi connectivity index (χ4v) is 1.87. The molecule has 0 aliphatic rings. The molecule has 0 amide bonds. The number of furan rings is 1. The SMILES string of the molecule is CCNC(=NCc1cc2ccccc2o1)NC(C)C.I. The van der Waals surface area contributed by atoms with Gasteiger partial charge in [-0.05, 0) is 32.9 Å². The molecule has 0 fully saturated rings. The zero-order chi connectivity index (χ0) is 13.7. The number of nitrogens with zero attached hydrogens (tertiary/aromatic N) is 1. The third kappa shape index (κ3) is 4.70. The summed E-state index contributed by atoms with van der Waals surface area (Å²) in [5.74, 6) is 1.69. The van der Waals surface area contributed by atoms with Gasteiger partial charge in [0.25, 0.3) is 0 Å². The van der Waals surface area contributed by atoms with E-state index in [0.29, 0.717) is 12.6 Å². The first kappa shape index (κ1) is 16.8. The molecular formula is C15H22IN3O. The Balaban J connectivity index is 0.00000200. The maximum Gasteiger partial charge on any atom is 0.191 e. The summed E-state index contributed by atoms with van der Waals surface area (Å²) in [5, 5.41) is 7.62. The van der Waals surface area contributed by atoms with Gasteiger partial charge in [-0.25, -0.2) is 4.99 Å². The van der Waals surface area contributed by atoms with Gasteiger partial charge in [-0.15, -0.1) is 24.0 Å². The monoisotopic (exact) mass is 387 g/mol. The van der Waals surface area contributed by atoms with Gasteiger partial charge in [0.15, 0.2) is 5.96 Å². The van der Waals surface area contributed by atoms with Crippen molar-refractivity contribution in [1.82, 2.24) is 10.6 Å². The number of hydrogen-bond donors (Lipinski definition) is 2. The van der Waals surface area contributed by atoms with Crippen molar-refractivity contribution < 1.29 is 4.42 Å². The summed E-state index contributed by atoms with van der Waals surface area (Å²) in [7, 11) is 0. The highest BCUT2D eigenvalue weighted by Gasteiger charge is 2.04. The van der Waals surface area contributed by atoms with E-state index in [1.165, 1.54) is 0 Å². The molecule has 0 saturated heterocycles. The lowest BCUT2D eigenvalue weighted by Gasteiger charge is -2.13. The average Bonchev–Trinajstić information content (AvgIpc) is 2.78. The maximum absolute atomic E-state index is 5.74. The Labute approximate surface area is 137 Å². The second kappa shape index (κ2) is 8.14. The zero-order valence-corrected chi connectivity index (χ0v) is 14.5. The highest BCUT2D eigenvalue weighted by molar-refractivity contribution is 14.0. The lowest BCUT2D eigenvalue weighted by atomic mass is 10.2. The number of fused-ring (bicyclic) bond motifs is 1. The van der Waals surface area contributed by atoms with Crippen LogP contribution < -0.4 is 10.6 Å². The molecule has 0 unspecified atom stereocenters. The van der Waals surface area contributed by atoms with E-state index in [1.54, 1.807) is 0 Å². The molecule has 2 rings (SSSR count). The molecule has 0 spiro atoms. The zero-order valence-electron chi connectivity index (χ0n) is 12.1. The van der Waals surface area contributed by atoms with Crippen molar-refractivity contribution in [2.75, 3.05) is 6.54 Å². The van der Waals surface area contributed by atoms with Crippen LogP contribution in [0.3, 0.4) is 0 Å². The Morgan fingerprint density at radius 3 is 2.70 bits per heavy atom. The van der Waals surface area contributed by atoms with Crippen LogP contribution >= 0.6 is 24.0 Å². The van der Waals surface area contributed by atoms with Gasteiger partial charge in [-0.3, -0.25) is 0 Å². The van der Waals surface area contributed by atoms with Gasteiger partial charge < -0.3 is 15.1 Å². The molecule has 1 aromatic heterocycles. The van der Waals surface area contributed by atoms with E-state index in [1.807, 2.05) is 30.3 Å². The fraction of sp³-hybridized carbons (Fsp3) is 0.400. The minimum absolute atomic E-state index is 0. The second-order valence-corrected chi connectivity index (χ2v) is 4.74. The molecule has 1 heterocycles. The van der Waals surface area contributed by atoms with E-state index in [4.69, 9.17) is 4.42 Å². The first-order valence-electron chi connectivity index (χ1n) is 6.71. The Morgan fingerprint density at radius 1 is 1.30 bits per heavy atom. The molecule has 0 bridgehead atoms. The summed E-state index contributed by atoms with van der Waals surface area (Å²) in [6.07, 6.45) is 0. The summed E-state index contributed by atoms with van der Waals surface area (Å²) in [6, 6.07) is 10.4. The Bertz CT molecular complexity index is 530. The van der Waals surface area contributed by atoms with Gasteiger partial charge in [0.05, 0.1) is 0 Å². The molecule has 5 heteroatoms. The van der Waals surface area contributed by atoms with E-state index < -0.39 is 0 Å². The number of guanidine groups is 1. The molecular weight excluding hydrogens is 365 g/mol. The van der Waals surface area contributed by atoms with E-state index in [0.717, 1.165) is 29.2 Å². The van der Waals surface area contributed by atoms with Crippen LogP contribution in [0.1, 0.15) is 26.5 Å². The van der Waals surface area contributed by atoms with Gasteiger partial charge in [0, 0.05) is 18.0 Å². The van der Waals surface area contributed by atoms with Crippen molar-refractivity contribution in [3.8, 4) is 0 Å². The quantitative estimate of drug-likeness (QED) is 0.480. The van der Waals surface area contributed by atoms with Crippen molar-refractivity contribution in [1.29, 1.82) is 0 Å². The predicted octanol–water partition coefficient (Wildman–Crippen LogP) is 3.51. The van der Waals surface area contributed by atoms with Crippen LogP contribution in [0.4, 0.5) is 0 Å². The molecule has 0 atom stereocenters. The molecule has 1 aromatic carbocycles. The van der Waals surface area contributed by atoms with Crippen molar-refractivity contribution in [2.45, 2.75) is 33.4 Å². The van der Waals surface area contributed by atoms with Crippen molar-refractivity contribution in [3.05, 3.63) is 36.1 Å². The van der Waals surface area contributed by atoms with E-state index in [9.17, 15) is 0 Å². The number of para-hydroxylation sites is 1. The summed E-state index contributed by atoms with van der Waals surface area (Å²) in [4.78, 5) is 4.52. The first-order valence-corrected chi connectivity index (χ1v) is 6.71. The number of aliphatic imine (C=N–C) groups is 1. The summed E-state index contributed by atoms with van der Waals surface area (Å²) in [6.45, 7) is 7.62. The van der Waals surface area contributed by atoms with Crippen LogP contribution in [-0.4, -0.2) is 18.5 Å². The molecule has 4 nitrogen and oxygen atoms in total. The summed E-state index contributed by atoms with van der Waals surface area (Å²) < 4.78 is 5.74. The van der Waals surface area contributed by atoms with E-state index in [-0.39, 0.29) is 24.0 Å². The summed E-state index contributed by atoms with van der Waals surface area (Å²) >= 11 is 0. The molecule has 2 N–H and O–H groups in total. The van der Waals surface area contributed by atoms with Gasteiger partial charge >= 0.3 is 0 Å². The third-order valence-electron chi connectivity index (χ3n) is 2.64. The number of benzene rings is 1. The summed E-state index contributed by atoms with van der Waals surface area (Å²) in [5.41, 5.74) is 0.912. The smallest absolute Gasteiger partial charge is 0.191 e. The van der Waals surface area contributed by atoms with Crippen molar-refractivity contribution in [2.24, 2.45) is 4.99 Å². The Kier molecular flexibility index (Phi) is 6.84. The highest BCUT2D eigenvalue weighted by Crippen LogP contribution is 2.19. The first-order chi connectivity index (χ1) is 9.19. The molecule has 0 aliphatic heterocycles. The normalized spacial score (nSPS) is 11.5. The molecule has 2 aromatic rings. The predicted molar refractivity (Wildman–Crippen MR) is 94.7 cm³/mol. The standard InChI is InChI=1S/C15H21N3O.HI/c1-4-16-15(18-11(2)3)17-10-13-9-12-7-5-6-8-14(12)19-13;/h5-9,11H,4,10H2,1-3H3,(H2,16,17,18);1H. The second-order valence-electron chi connectivity index (χ2n) is 4.74. The molecule has 110 valence electrons. The van der Waals surface area contributed by atoms with Gasteiger partial charge in [-0.1, -0.05) is 18.2 Å². The number of hydrogen-bond acceptors (Lipinski definition) is 2. The average molecular weight is 387 g/mol. The van der Waals surface area contributed by atoms with Crippen LogP contribution in [0, 0.1) is 0 Å². The number of halogens is 1. The third-order valence-corrected chi connectivity index (χ3v) is 2.64. The van der Waals surface area contributed by atoms with Gasteiger partial charge in [0.2, 0.25) is 0 Å². The van der Waals surface area contributed by atoms with Crippen molar-refractivity contribution >= 4 is 40.9 Å². The maximum atomic E-state index is 5.74. The minimum Gasteiger partial charge on any atom is -0.459 e. The van der Waals surface area contributed by atoms with Crippen LogP contribution in [0.2, 0.25) is 0 Å². The Morgan fingerprint density at radius 2 is 2.05 bits per heavy atom. The largest absolute Gasteiger partial charge is 0.459 e. The highest BCUT2D eigenvalue weighted by atomic mass is 127.